The molecule has 64 heteroatoms. The molecule has 0 aliphatic carbocycles. The summed E-state index contributed by atoms with van der Waals surface area (Å²) in [6.07, 6.45) is -110. The second-order valence-corrected chi connectivity index (χ2v) is 36.0. The monoisotopic (exact) mass is 2090 g/mol. The molecule has 0 aromatic heterocycles. The van der Waals surface area contributed by atoms with Gasteiger partial charge >= 0.3 is 5.97 Å². The summed E-state index contributed by atoms with van der Waals surface area (Å²) in [4.78, 5) is 77.6. The normalized spacial score (nSPS) is 47.8. The van der Waals surface area contributed by atoms with Gasteiger partial charge in [-0.15, -0.1) is 0 Å². The minimum absolute atomic E-state index is 0.840. The highest BCUT2D eigenvalue weighted by Gasteiger charge is 2.64. The molecule has 37 N–H and O–H groups in total. The van der Waals surface area contributed by atoms with Crippen molar-refractivity contribution in [2.45, 2.75) is 384 Å². The van der Waals surface area contributed by atoms with E-state index in [4.69, 9.17) is 99.5 Å². The first-order valence-electron chi connectivity index (χ1n) is 45.3. The Balaban J connectivity index is 0.907. The average molecular weight is 2090 g/mol. The Morgan fingerprint density at radius 2 is 0.650 bits per heavy atom. The van der Waals surface area contributed by atoms with Crippen LogP contribution in [0.25, 0.3) is 0 Å². The van der Waals surface area contributed by atoms with E-state index in [9.17, 15) is 192 Å². The Morgan fingerprint density at radius 3 is 1.08 bits per heavy atom. The highest BCUT2D eigenvalue weighted by Crippen LogP contribution is 2.43. The number of carboxylic acids is 1. The number of nitrogens with one attached hydrogen (secondary N) is 5. The Morgan fingerprint density at radius 1 is 0.315 bits per heavy atom. The Kier molecular flexibility index (Phi) is 42.3. The molecule has 11 fully saturated rings. The zero-order chi connectivity index (χ0) is 106. The van der Waals surface area contributed by atoms with Gasteiger partial charge in [-0.2, -0.15) is 0 Å². The van der Waals surface area contributed by atoms with Gasteiger partial charge in [0.15, 0.2) is 62.9 Å². The molecular weight excluding hydrogens is 1960 g/mol. The van der Waals surface area contributed by atoms with Crippen LogP contribution in [-0.4, -0.2) is 615 Å². The summed E-state index contributed by atoms with van der Waals surface area (Å²) in [5, 5.41) is 369. The van der Waals surface area contributed by atoms with Crippen molar-refractivity contribution in [3.8, 4) is 0 Å². The van der Waals surface area contributed by atoms with E-state index in [1.807, 2.05) is 0 Å². The third-order valence-electron chi connectivity index (χ3n) is 26.0. The summed E-state index contributed by atoms with van der Waals surface area (Å²) in [6, 6.07) is -9.89. The van der Waals surface area contributed by atoms with Crippen molar-refractivity contribution >= 4 is 35.5 Å². The number of aliphatic carboxylic acids is 1. The van der Waals surface area contributed by atoms with Crippen LogP contribution in [-0.2, 0) is 128 Å². The molecule has 64 nitrogen and oxygen atoms in total. The van der Waals surface area contributed by atoms with Crippen molar-refractivity contribution in [1.29, 1.82) is 0 Å². The lowest BCUT2D eigenvalue weighted by atomic mass is 9.88. The number of aliphatic hydroxyl groups is 31. The van der Waals surface area contributed by atoms with Gasteiger partial charge < -0.3 is 289 Å². The zero-order valence-electron chi connectivity index (χ0n) is 76.6. The molecule has 143 heavy (non-hydrogen) atoms. The fourth-order valence-electron chi connectivity index (χ4n) is 18.3. The molecule has 0 spiro atoms. The van der Waals surface area contributed by atoms with Gasteiger partial charge in [0.05, 0.1) is 84.3 Å². The third-order valence-corrected chi connectivity index (χ3v) is 26.0. The van der Waals surface area contributed by atoms with Crippen LogP contribution in [0.2, 0.25) is 0 Å². The first kappa shape index (κ1) is 118. The van der Waals surface area contributed by atoms with E-state index in [1.165, 1.54) is 6.92 Å². The number of ether oxygens (including phenoxy) is 21. The minimum atomic E-state index is -3.19. The standard InChI is InChI=1S/C79H131N5O59/c1-18-40(100)51(111)56(116)72(126-18)123-16-33-63(47(107)36(68(120)127-33)80-19(2)93)136-69-37(81-20(3)94)48(108)62(30(13-91)131-69)139-75-59(119)65(46(106)31(134-75)15-124-76-66(54(114)43(103)26(9-87)129-76)141-70-38(82-21(4)95)49(109)60(28(11-89)132-70)137-73-57(117)52(112)42(102)25(8-86)128-73)140-77-67(55(115)44(104)27(10-88)130-77)142-71-39(83-22(5)96)50(110)61(29(12-90)133-71)138-74-58(118)53(113)45(105)32(135-74)17-125-79(78(121)122)6-23(97)35(84-34(99)14-92)64(143-79)41(101)24(98)7-85/h18,23-33,35-77,85-92,97-98,100-120H,6-17H2,1-5H3,(H,80,93)(H,81,94)(H,82,95)(H,83,96)(H,84,99)(H,121,122)/t18-,23+,24-,25-,26-,27-,28-,29-,30-,31-,32-,33-,35-,36-,37-,38-,39-,40+,41-,42+,43-,44-,45+,46-,47-,48-,49-,50-,51+,52+,53+,54+,55+,56-,57-,58-,59+,60-,61-,62-,63-,64-,65+,66+,67+,68-,69+,70+,71+,72+,73+,74+,75+,76+,77-,79-/m1/s1. The first-order chi connectivity index (χ1) is 67.5. The fraction of sp³-hybridized carbons (Fsp3) is 0.924. The van der Waals surface area contributed by atoms with Crippen molar-refractivity contribution in [2.75, 3.05) is 72.7 Å². The van der Waals surface area contributed by atoms with Crippen molar-refractivity contribution in [3.63, 3.8) is 0 Å². The molecule has 0 unspecified atom stereocenters. The second kappa shape index (κ2) is 51.2. The molecular formula is C79H131N5O59. The molecule has 826 valence electrons. The SMILES string of the molecule is CC(=O)N[C@@H]1[C@@H](O)[C@H](O[C@@H]2O[C@H](CO)[C@@H](O[C@@H]3O[C@H](CO[C@H]4O[C@H](CO)[C@@H](O)[C@H](O)[C@@H]4O[C@@H]4O[C@H](CO)[C@@H](O[C@@H]5O[C@H](CO)[C@H](O)[C@H](O)[C@H]5O)[C@H](O)[C@H]4NC(C)=O)[C@@H](O)[C@H](O[C@H]4O[C@H](CO)[C@@H](O)[C@H](O)[C@@H]4O[C@@H]4O[C@H](CO)[C@@H](O[C@@H]5O[C@H](CO[C@]6(C(=O)O)C[C@H](O)[C@@H](NC(=O)CO)[C@H]([C@H](O)[C@H](O)CO)O6)[C@H](O)[C@H](O)[C@H]5O)[C@H](O)[C@H]4NC(C)=O)[C@@H]3O)[C@H](O)[C@H]2NC(C)=O)[C@@H](CO[C@H]2O[C@H](C)[C@H](O)[C@H](O)[C@H]2O)O[C@H]1O. The van der Waals surface area contributed by atoms with Gasteiger partial charge in [-0.05, 0) is 6.92 Å². The van der Waals surface area contributed by atoms with E-state index in [-0.39, 0.29) is 0 Å². The topological polar surface area (TPSA) is 1000 Å². The van der Waals surface area contributed by atoms with Crippen LogP contribution in [0.5, 0.6) is 0 Å². The van der Waals surface area contributed by atoms with Crippen molar-refractivity contribution < 1.29 is 292 Å². The number of hydrogen-bond acceptors (Lipinski definition) is 58. The number of carbonyl (C=O) groups is 6. The molecule has 5 amide bonds. The molecule has 0 radical (unpaired) electrons. The van der Waals surface area contributed by atoms with Crippen LogP contribution in [0, 0.1) is 0 Å². The molecule has 0 aromatic carbocycles. The predicted octanol–water partition coefficient (Wildman–Crippen LogP) is -25.1. The molecule has 11 aliphatic rings. The summed E-state index contributed by atoms with van der Waals surface area (Å²) in [6.45, 7) is -8.34. The van der Waals surface area contributed by atoms with Crippen LogP contribution in [0.3, 0.4) is 0 Å². The number of hydrogen-bond donors (Lipinski definition) is 37. The predicted molar refractivity (Wildman–Crippen MR) is 438 cm³/mol. The van der Waals surface area contributed by atoms with Gasteiger partial charge in [-0.1, -0.05) is 0 Å². The second-order valence-electron chi connectivity index (χ2n) is 36.0. The summed E-state index contributed by atoms with van der Waals surface area (Å²) in [7, 11) is 0. The number of carbonyl (C=O) groups excluding carboxylic acids is 5. The number of carboxylic acid groups (broad SMARTS) is 1. The summed E-state index contributed by atoms with van der Waals surface area (Å²) in [5.74, 6) is -10.5. The summed E-state index contributed by atoms with van der Waals surface area (Å²) in [5.41, 5.74) is 0. The Hall–Kier alpha value is -5.26. The highest BCUT2D eigenvalue weighted by molar-refractivity contribution is 5.78. The maximum absolute atomic E-state index is 13.4. The maximum atomic E-state index is 13.4. The van der Waals surface area contributed by atoms with Gasteiger partial charge in [0.25, 0.3) is 5.79 Å². The van der Waals surface area contributed by atoms with Crippen LogP contribution in [0.15, 0.2) is 0 Å². The highest BCUT2D eigenvalue weighted by atomic mass is 16.8. The van der Waals surface area contributed by atoms with Crippen LogP contribution < -0.4 is 26.6 Å². The lowest BCUT2D eigenvalue weighted by molar-refractivity contribution is -0.399. The molecule has 0 saturated carbocycles. The smallest absolute Gasteiger partial charge is 0.364 e. The number of rotatable bonds is 39. The van der Waals surface area contributed by atoms with Gasteiger partial charge in [-0.25, -0.2) is 4.79 Å². The molecule has 11 heterocycles. The van der Waals surface area contributed by atoms with Gasteiger partial charge in [0.2, 0.25) is 29.5 Å². The summed E-state index contributed by atoms with van der Waals surface area (Å²) >= 11 is 0. The zero-order valence-corrected chi connectivity index (χ0v) is 76.6. The van der Waals surface area contributed by atoms with E-state index < -0.39 is 458 Å². The fourth-order valence-corrected chi connectivity index (χ4v) is 18.3. The largest absolute Gasteiger partial charge is 0.477 e. The Labute approximate surface area is 808 Å². The first-order valence-corrected chi connectivity index (χ1v) is 45.3. The Bertz CT molecular complexity index is 4030. The van der Waals surface area contributed by atoms with Gasteiger partial charge in [-0.3, -0.25) is 24.0 Å². The van der Waals surface area contributed by atoms with E-state index in [0.29, 0.717) is 0 Å². The van der Waals surface area contributed by atoms with E-state index in [1.54, 1.807) is 0 Å². The minimum Gasteiger partial charge on any atom is -0.477 e. The van der Waals surface area contributed by atoms with Gasteiger partial charge in [0.1, 0.15) is 263 Å². The molecule has 56 atom stereocenters. The van der Waals surface area contributed by atoms with Gasteiger partial charge in [0, 0.05) is 34.1 Å². The molecule has 0 aromatic rings. The molecule has 11 aliphatic heterocycles. The van der Waals surface area contributed by atoms with Crippen molar-refractivity contribution in [3.05, 3.63) is 0 Å². The van der Waals surface area contributed by atoms with Crippen molar-refractivity contribution in [2.24, 2.45) is 0 Å². The van der Waals surface area contributed by atoms with E-state index >= 15 is 0 Å². The summed E-state index contributed by atoms with van der Waals surface area (Å²) < 4.78 is 125. The maximum Gasteiger partial charge on any atom is 0.364 e. The number of amides is 5. The van der Waals surface area contributed by atoms with Crippen LogP contribution in [0.4, 0.5) is 0 Å². The van der Waals surface area contributed by atoms with E-state index in [0.717, 1.165) is 27.7 Å². The van der Waals surface area contributed by atoms with Crippen LogP contribution in [0.1, 0.15) is 41.0 Å². The molecule has 0 bridgehead atoms. The lowest BCUT2D eigenvalue weighted by Crippen LogP contribution is -2.71. The number of aliphatic hydroxyl groups excluding tert-OH is 31. The van der Waals surface area contributed by atoms with Crippen molar-refractivity contribution in [1.82, 2.24) is 26.6 Å². The van der Waals surface area contributed by atoms with Crippen LogP contribution >= 0.6 is 0 Å². The third kappa shape index (κ3) is 26.4. The van der Waals surface area contributed by atoms with E-state index in [2.05, 4.69) is 26.6 Å². The molecule has 11 rings (SSSR count). The average Bonchev–Trinajstić information content (AvgIpc) is 0.766. The lowest BCUT2D eigenvalue weighted by Gasteiger charge is -2.51. The molecule has 11 saturated heterocycles. The quantitative estimate of drug-likeness (QED) is 0.0272.